The summed E-state index contributed by atoms with van der Waals surface area (Å²) in [6.07, 6.45) is 3.35. The van der Waals surface area contributed by atoms with E-state index in [4.69, 9.17) is 0 Å². The summed E-state index contributed by atoms with van der Waals surface area (Å²) in [4.78, 5) is 8.62. The lowest BCUT2D eigenvalue weighted by Crippen LogP contribution is -2.20. The van der Waals surface area contributed by atoms with Crippen LogP contribution in [0.3, 0.4) is 0 Å². The highest BCUT2D eigenvalue weighted by Gasteiger charge is 2.08. The van der Waals surface area contributed by atoms with E-state index in [1.807, 2.05) is 9.36 Å². The molecule has 0 aromatic carbocycles. The molecule has 0 unspecified atom stereocenters. The Kier molecular flexibility index (Phi) is 5.44. The Morgan fingerprint density at radius 3 is 2.67 bits per heavy atom. The van der Waals surface area contributed by atoms with Gasteiger partial charge in [-0.15, -0.1) is 0 Å². The van der Waals surface area contributed by atoms with E-state index in [0.717, 1.165) is 24.7 Å². The number of rotatable bonds is 8. The van der Waals surface area contributed by atoms with E-state index >= 15 is 0 Å². The molecule has 0 aliphatic heterocycles. The second-order valence-corrected chi connectivity index (χ2v) is 6.14. The summed E-state index contributed by atoms with van der Waals surface area (Å²) < 4.78 is 3.75. The van der Waals surface area contributed by atoms with Gasteiger partial charge in [0.1, 0.15) is 25.0 Å². The Morgan fingerprint density at radius 2 is 1.95 bits per heavy atom. The van der Waals surface area contributed by atoms with E-state index in [0.29, 0.717) is 24.9 Å². The summed E-state index contributed by atoms with van der Waals surface area (Å²) in [7, 11) is 0. The lowest BCUT2D eigenvalue weighted by atomic mass is 10.2. The average Bonchev–Trinajstić information content (AvgIpc) is 3.00. The largest absolute Gasteiger partial charge is 0.310 e. The Morgan fingerprint density at radius 1 is 1.14 bits per heavy atom. The first-order valence-electron chi connectivity index (χ1n) is 7.50. The van der Waals surface area contributed by atoms with Gasteiger partial charge in [-0.1, -0.05) is 27.7 Å². The summed E-state index contributed by atoms with van der Waals surface area (Å²) in [5.74, 6) is 2.89. The second kappa shape index (κ2) is 7.31. The van der Waals surface area contributed by atoms with Crippen LogP contribution in [0.25, 0.3) is 0 Å². The van der Waals surface area contributed by atoms with Crippen LogP contribution in [-0.4, -0.2) is 36.1 Å². The predicted octanol–water partition coefficient (Wildman–Crippen LogP) is 1.32. The molecule has 2 aromatic heterocycles. The third kappa shape index (κ3) is 4.93. The van der Waals surface area contributed by atoms with E-state index in [1.165, 1.54) is 0 Å². The fourth-order valence-corrected chi connectivity index (χ4v) is 2.02. The maximum absolute atomic E-state index is 4.46. The summed E-state index contributed by atoms with van der Waals surface area (Å²) in [5, 5.41) is 12.1. The number of nitrogens with zero attached hydrogens (tertiary/aromatic N) is 6. The molecular formula is C14H25N7. The molecule has 2 aromatic rings. The van der Waals surface area contributed by atoms with Gasteiger partial charge in [0.25, 0.3) is 0 Å². The Hall–Kier alpha value is -1.76. The molecule has 0 radical (unpaired) electrons. The van der Waals surface area contributed by atoms with Crippen molar-refractivity contribution in [3.05, 3.63) is 24.3 Å². The Labute approximate surface area is 125 Å². The van der Waals surface area contributed by atoms with Crippen molar-refractivity contribution in [1.29, 1.82) is 0 Å². The average molecular weight is 291 g/mol. The van der Waals surface area contributed by atoms with Gasteiger partial charge in [-0.3, -0.25) is 0 Å². The highest BCUT2D eigenvalue weighted by atomic mass is 15.4. The normalized spacial score (nSPS) is 11.7. The molecule has 0 atom stereocenters. The minimum absolute atomic E-state index is 0.539. The maximum Gasteiger partial charge on any atom is 0.164 e. The number of aromatic nitrogens is 6. The van der Waals surface area contributed by atoms with E-state index in [-0.39, 0.29) is 0 Å². The van der Waals surface area contributed by atoms with E-state index in [1.54, 1.807) is 12.7 Å². The van der Waals surface area contributed by atoms with Gasteiger partial charge in [0.15, 0.2) is 5.82 Å². The number of nitrogens with one attached hydrogen (secondary N) is 1. The van der Waals surface area contributed by atoms with E-state index in [9.17, 15) is 0 Å². The van der Waals surface area contributed by atoms with Crippen molar-refractivity contribution >= 4 is 0 Å². The van der Waals surface area contributed by atoms with Crippen LogP contribution in [0, 0.1) is 11.8 Å². The van der Waals surface area contributed by atoms with Crippen molar-refractivity contribution in [2.45, 2.75) is 47.3 Å². The first-order valence-corrected chi connectivity index (χ1v) is 7.50. The van der Waals surface area contributed by atoms with Gasteiger partial charge in [-0.2, -0.15) is 10.2 Å². The minimum atomic E-state index is 0.539. The highest BCUT2D eigenvalue weighted by molar-refractivity contribution is 4.88. The summed E-state index contributed by atoms with van der Waals surface area (Å²) in [6, 6.07) is 0. The van der Waals surface area contributed by atoms with Crippen LogP contribution in [-0.2, 0) is 19.6 Å². The lowest BCUT2D eigenvalue weighted by molar-refractivity contribution is 0.455. The highest BCUT2D eigenvalue weighted by Crippen LogP contribution is 2.03. The first-order chi connectivity index (χ1) is 10.0. The molecule has 0 aliphatic rings. The number of hydrogen-bond acceptors (Lipinski definition) is 5. The molecule has 1 N–H and O–H groups in total. The lowest BCUT2D eigenvalue weighted by Gasteiger charge is -2.08. The van der Waals surface area contributed by atoms with Gasteiger partial charge in [0.2, 0.25) is 0 Å². The summed E-state index contributed by atoms with van der Waals surface area (Å²) >= 11 is 0. The molecule has 0 saturated carbocycles. The fourth-order valence-electron chi connectivity index (χ4n) is 2.02. The topological polar surface area (TPSA) is 73.5 Å². The Bertz CT molecular complexity index is 541. The van der Waals surface area contributed by atoms with Gasteiger partial charge in [-0.05, 0) is 18.4 Å². The zero-order valence-corrected chi connectivity index (χ0v) is 13.3. The quantitative estimate of drug-likeness (QED) is 0.794. The maximum atomic E-state index is 4.46. The van der Waals surface area contributed by atoms with Crippen LogP contribution in [0.15, 0.2) is 12.7 Å². The molecular weight excluding hydrogens is 266 g/mol. The van der Waals surface area contributed by atoms with Gasteiger partial charge in [0, 0.05) is 6.54 Å². The molecule has 0 bridgehead atoms. The number of hydrogen-bond donors (Lipinski definition) is 1. The molecule has 0 aliphatic carbocycles. The second-order valence-electron chi connectivity index (χ2n) is 6.14. The van der Waals surface area contributed by atoms with Crippen molar-refractivity contribution in [3.63, 3.8) is 0 Å². The minimum Gasteiger partial charge on any atom is -0.310 e. The van der Waals surface area contributed by atoms with E-state index in [2.05, 4.69) is 53.2 Å². The van der Waals surface area contributed by atoms with Crippen LogP contribution < -0.4 is 5.32 Å². The van der Waals surface area contributed by atoms with Gasteiger partial charge in [-0.25, -0.2) is 19.3 Å². The van der Waals surface area contributed by atoms with Gasteiger partial charge in [0.05, 0.1) is 6.54 Å². The van der Waals surface area contributed by atoms with Crippen molar-refractivity contribution in [3.8, 4) is 0 Å². The molecule has 2 rings (SSSR count). The van der Waals surface area contributed by atoms with Crippen LogP contribution in [0.2, 0.25) is 0 Å². The first kappa shape index (κ1) is 15.6. The van der Waals surface area contributed by atoms with E-state index < -0.39 is 0 Å². The zero-order chi connectivity index (χ0) is 15.2. The van der Waals surface area contributed by atoms with Crippen molar-refractivity contribution in [1.82, 2.24) is 34.8 Å². The van der Waals surface area contributed by atoms with Crippen LogP contribution >= 0.6 is 0 Å². The predicted molar refractivity (Wildman–Crippen MR) is 80.5 cm³/mol. The smallest absolute Gasteiger partial charge is 0.164 e. The van der Waals surface area contributed by atoms with Crippen LogP contribution in [0.5, 0.6) is 0 Å². The molecule has 0 fully saturated rings. The molecule has 2 heterocycles. The Balaban J connectivity index is 1.92. The fraction of sp³-hybridized carbons (Fsp3) is 0.714. The summed E-state index contributed by atoms with van der Waals surface area (Å²) in [5.41, 5.74) is 0. The van der Waals surface area contributed by atoms with Gasteiger partial charge < -0.3 is 5.32 Å². The molecule has 7 heteroatoms. The molecule has 116 valence electrons. The van der Waals surface area contributed by atoms with Crippen LogP contribution in [0.4, 0.5) is 0 Å². The third-order valence-electron chi connectivity index (χ3n) is 2.96. The molecule has 0 saturated heterocycles. The summed E-state index contributed by atoms with van der Waals surface area (Å²) in [6.45, 7) is 11.8. The zero-order valence-electron chi connectivity index (χ0n) is 13.3. The van der Waals surface area contributed by atoms with Crippen molar-refractivity contribution in [2.75, 3.05) is 6.54 Å². The molecule has 7 nitrogen and oxygen atoms in total. The molecule has 0 spiro atoms. The molecule has 0 amide bonds. The van der Waals surface area contributed by atoms with Crippen molar-refractivity contribution in [2.24, 2.45) is 11.8 Å². The van der Waals surface area contributed by atoms with Crippen LogP contribution in [0.1, 0.15) is 39.3 Å². The van der Waals surface area contributed by atoms with Crippen molar-refractivity contribution < 1.29 is 0 Å². The van der Waals surface area contributed by atoms with Gasteiger partial charge >= 0.3 is 0 Å². The third-order valence-corrected chi connectivity index (χ3v) is 2.96. The standard InChI is InChI=1S/C14H25N7/c1-11(2)5-15-6-13-17-10-20(19-13)8-14-16-9-18-21(14)7-12(3)4/h9-12,15H,5-8H2,1-4H3. The monoisotopic (exact) mass is 291 g/mol. The molecule has 21 heavy (non-hydrogen) atoms. The SMILES string of the molecule is CC(C)CNCc1ncn(Cc2ncnn2CC(C)C)n1.